The van der Waals surface area contributed by atoms with Crippen molar-refractivity contribution in [3.63, 3.8) is 0 Å². The number of rotatable bonds is 3. The summed E-state index contributed by atoms with van der Waals surface area (Å²) in [6, 6.07) is 7.56. The summed E-state index contributed by atoms with van der Waals surface area (Å²) < 4.78 is 9.78. The van der Waals surface area contributed by atoms with E-state index in [0.717, 1.165) is 11.4 Å². The maximum atomic E-state index is 11.7. The van der Waals surface area contributed by atoms with E-state index in [1.165, 1.54) is 7.11 Å². The third-order valence-corrected chi connectivity index (χ3v) is 3.34. The number of ether oxygens (including phenoxy) is 2. The molecule has 1 aromatic rings. The minimum atomic E-state index is -0.680. The molecule has 19 heavy (non-hydrogen) atoms. The van der Waals surface area contributed by atoms with Crippen molar-refractivity contribution >= 4 is 17.4 Å². The molecule has 1 aliphatic rings. The summed E-state index contributed by atoms with van der Waals surface area (Å²) in [4.78, 5) is 25.3. The molecule has 0 bridgehead atoms. The Labute approximate surface area is 112 Å². The van der Waals surface area contributed by atoms with Gasteiger partial charge in [-0.3, -0.25) is 9.59 Å². The Bertz CT molecular complexity index is 461. The van der Waals surface area contributed by atoms with E-state index in [-0.39, 0.29) is 5.78 Å². The van der Waals surface area contributed by atoms with Crippen molar-refractivity contribution < 1.29 is 19.1 Å². The molecular weight excluding hydrogens is 246 g/mol. The second kappa shape index (κ2) is 5.73. The molecule has 0 saturated carbocycles. The summed E-state index contributed by atoms with van der Waals surface area (Å²) in [5.41, 5.74) is 0.974. The number of benzene rings is 1. The lowest BCUT2D eigenvalue weighted by molar-refractivity contribution is -0.149. The Balaban J connectivity index is 2.12. The molecule has 1 fully saturated rings. The van der Waals surface area contributed by atoms with Gasteiger partial charge in [-0.25, -0.2) is 0 Å². The van der Waals surface area contributed by atoms with Gasteiger partial charge in [-0.1, -0.05) is 0 Å². The SMILES string of the molecule is COC(=O)C1CN(c2ccc(OC)cc2)CCC1=O. The van der Waals surface area contributed by atoms with Crippen LogP contribution in [0.25, 0.3) is 0 Å². The topological polar surface area (TPSA) is 55.8 Å². The third kappa shape index (κ3) is 2.86. The van der Waals surface area contributed by atoms with E-state index in [0.29, 0.717) is 19.5 Å². The highest BCUT2D eigenvalue weighted by molar-refractivity contribution is 6.00. The molecule has 5 heteroatoms. The van der Waals surface area contributed by atoms with Crippen molar-refractivity contribution in [1.29, 1.82) is 0 Å². The summed E-state index contributed by atoms with van der Waals surface area (Å²) in [5.74, 6) is -0.401. The molecule has 0 radical (unpaired) electrons. The lowest BCUT2D eigenvalue weighted by Crippen LogP contribution is -2.44. The number of methoxy groups -OCH3 is 2. The predicted molar refractivity (Wildman–Crippen MR) is 70.3 cm³/mol. The molecule has 1 aromatic carbocycles. The monoisotopic (exact) mass is 263 g/mol. The van der Waals surface area contributed by atoms with Crippen LogP contribution in [-0.4, -0.2) is 39.1 Å². The molecule has 1 heterocycles. The zero-order valence-electron chi connectivity index (χ0n) is 11.1. The highest BCUT2D eigenvalue weighted by Crippen LogP contribution is 2.24. The van der Waals surface area contributed by atoms with Gasteiger partial charge in [0.25, 0.3) is 0 Å². The number of hydrogen-bond acceptors (Lipinski definition) is 5. The van der Waals surface area contributed by atoms with Crippen LogP contribution < -0.4 is 9.64 Å². The number of carbonyl (C=O) groups is 2. The van der Waals surface area contributed by atoms with E-state index in [2.05, 4.69) is 4.74 Å². The number of carbonyl (C=O) groups excluding carboxylic acids is 2. The number of nitrogens with zero attached hydrogens (tertiary/aromatic N) is 1. The van der Waals surface area contributed by atoms with Gasteiger partial charge in [0, 0.05) is 25.2 Å². The van der Waals surface area contributed by atoms with Crippen LogP contribution in [0, 0.1) is 5.92 Å². The number of ketones is 1. The molecule has 0 amide bonds. The smallest absolute Gasteiger partial charge is 0.318 e. The Kier molecular flexibility index (Phi) is 4.04. The zero-order chi connectivity index (χ0) is 13.8. The molecule has 0 aromatic heterocycles. The van der Waals surface area contributed by atoms with Crippen molar-refractivity contribution in [3.05, 3.63) is 24.3 Å². The largest absolute Gasteiger partial charge is 0.497 e. The molecule has 2 rings (SSSR count). The first-order chi connectivity index (χ1) is 9.15. The Hall–Kier alpha value is -2.04. The Morgan fingerprint density at radius 1 is 1.26 bits per heavy atom. The molecule has 0 N–H and O–H groups in total. The van der Waals surface area contributed by atoms with Gasteiger partial charge in [-0.15, -0.1) is 0 Å². The lowest BCUT2D eigenvalue weighted by Gasteiger charge is -2.32. The van der Waals surface area contributed by atoms with Crippen LogP contribution in [0.1, 0.15) is 6.42 Å². The average molecular weight is 263 g/mol. The minimum absolute atomic E-state index is 0.0448. The van der Waals surface area contributed by atoms with Gasteiger partial charge in [-0.2, -0.15) is 0 Å². The maximum absolute atomic E-state index is 11.7. The van der Waals surface area contributed by atoms with Gasteiger partial charge >= 0.3 is 5.97 Å². The number of piperidine rings is 1. The highest BCUT2D eigenvalue weighted by Gasteiger charge is 2.33. The molecular formula is C14H17NO4. The normalized spacial score (nSPS) is 19.2. The molecule has 0 aliphatic carbocycles. The first kappa shape index (κ1) is 13.4. The Morgan fingerprint density at radius 3 is 2.53 bits per heavy atom. The molecule has 5 nitrogen and oxygen atoms in total. The van der Waals surface area contributed by atoms with Crippen molar-refractivity contribution in [1.82, 2.24) is 0 Å². The van der Waals surface area contributed by atoms with Crippen LogP contribution in [0.2, 0.25) is 0 Å². The first-order valence-corrected chi connectivity index (χ1v) is 6.15. The van der Waals surface area contributed by atoms with E-state index >= 15 is 0 Å². The van der Waals surface area contributed by atoms with Gasteiger partial charge < -0.3 is 14.4 Å². The summed E-state index contributed by atoms with van der Waals surface area (Å²) >= 11 is 0. The fraction of sp³-hybridized carbons (Fsp3) is 0.429. The van der Waals surface area contributed by atoms with Gasteiger partial charge in [0.2, 0.25) is 0 Å². The van der Waals surface area contributed by atoms with Gasteiger partial charge in [0.1, 0.15) is 11.7 Å². The quantitative estimate of drug-likeness (QED) is 0.607. The fourth-order valence-corrected chi connectivity index (χ4v) is 2.21. The summed E-state index contributed by atoms with van der Waals surface area (Å²) in [5, 5.41) is 0. The average Bonchev–Trinajstić information content (AvgIpc) is 2.47. The van der Waals surface area contributed by atoms with E-state index in [9.17, 15) is 9.59 Å². The lowest BCUT2D eigenvalue weighted by atomic mass is 9.96. The summed E-state index contributed by atoms with van der Waals surface area (Å²) in [7, 11) is 2.92. The van der Waals surface area contributed by atoms with Crippen LogP contribution in [0.3, 0.4) is 0 Å². The van der Waals surface area contributed by atoms with E-state index < -0.39 is 11.9 Å². The predicted octanol–water partition coefficient (Wildman–Crippen LogP) is 1.26. The van der Waals surface area contributed by atoms with Gasteiger partial charge in [0.15, 0.2) is 5.78 Å². The molecule has 1 unspecified atom stereocenters. The van der Waals surface area contributed by atoms with Crippen molar-refractivity contribution in [2.75, 3.05) is 32.2 Å². The van der Waals surface area contributed by atoms with Crippen LogP contribution in [-0.2, 0) is 14.3 Å². The highest BCUT2D eigenvalue weighted by atomic mass is 16.5. The first-order valence-electron chi connectivity index (χ1n) is 6.15. The Morgan fingerprint density at radius 2 is 1.95 bits per heavy atom. The minimum Gasteiger partial charge on any atom is -0.497 e. The van der Waals surface area contributed by atoms with Gasteiger partial charge in [-0.05, 0) is 24.3 Å². The van der Waals surface area contributed by atoms with Crippen LogP contribution in [0.15, 0.2) is 24.3 Å². The van der Waals surface area contributed by atoms with Crippen molar-refractivity contribution in [2.45, 2.75) is 6.42 Å². The molecule has 1 aliphatic heterocycles. The molecule has 102 valence electrons. The number of hydrogen-bond donors (Lipinski definition) is 0. The summed E-state index contributed by atoms with van der Waals surface area (Å²) in [6.07, 6.45) is 0.367. The van der Waals surface area contributed by atoms with Crippen molar-refractivity contribution in [2.24, 2.45) is 5.92 Å². The number of esters is 1. The second-order valence-electron chi connectivity index (χ2n) is 4.44. The van der Waals surface area contributed by atoms with Crippen molar-refractivity contribution in [3.8, 4) is 5.75 Å². The van der Waals surface area contributed by atoms with Gasteiger partial charge in [0.05, 0.1) is 14.2 Å². The standard InChI is InChI=1S/C14H17NO4/c1-18-11-5-3-10(4-6-11)15-8-7-13(16)12(9-15)14(17)19-2/h3-6,12H,7-9H2,1-2H3. The molecule has 1 saturated heterocycles. The van der Waals surface area contributed by atoms with Crippen LogP contribution >= 0.6 is 0 Å². The number of anilines is 1. The summed E-state index contributed by atoms with van der Waals surface area (Å²) in [6.45, 7) is 0.997. The van der Waals surface area contributed by atoms with E-state index in [4.69, 9.17) is 4.74 Å². The number of Topliss-reactive ketones (excluding diaryl/α,β-unsaturated/α-hetero) is 1. The van der Waals surface area contributed by atoms with Crippen LogP contribution in [0.5, 0.6) is 5.75 Å². The van der Waals surface area contributed by atoms with Crippen LogP contribution in [0.4, 0.5) is 5.69 Å². The third-order valence-electron chi connectivity index (χ3n) is 3.34. The second-order valence-corrected chi connectivity index (χ2v) is 4.44. The zero-order valence-corrected chi connectivity index (χ0v) is 11.1. The van der Waals surface area contributed by atoms with E-state index in [1.54, 1.807) is 7.11 Å². The van der Waals surface area contributed by atoms with E-state index in [1.807, 2.05) is 29.2 Å². The molecule has 1 atom stereocenters. The fourth-order valence-electron chi connectivity index (χ4n) is 2.21. The maximum Gasteiger partial charge on any atom is 0.318 e. The molecule has 0 spiro atoms.